The van der Waals surface area contributed by atoms with Crippen molar-refractivity contribution in [1.29, 1.82) is 0 Å². The Kier molecular flexibility index (Phi) is 3.70. The molecule has 0 aliphatic carbocycles. The van der Waals surface area contributed by atoms with Crippen LogP contribution in [-0.4, -0.2) is 34.7 Å². The number of hydrogen-bond acceptors (Lipinski definition) is 5. The Labute approximate surface area is 74.9 Å². The number of aldehydes is 1. The van der Waals surface area contributed by atoms with E-state index in [0.29, 0.717) is 0 Å². The van der Waals surface area contributed by atoms with Gasteiger partial charge in [0.25, 0.3) is 0 Å². The van der Waals surface area contributed by atoms with E-state index in [4.69, 9.17) is 16.6 Å². The van der Waals surface area contributed by atoms with Gasteiger partial charge in [-0.1, -0.05) is 0 Å². The second kappa shape index (κ2) is 4.11. The number of hydrogen-bond donors (Lipinski definition) is 3. The van der Waals surface area contributed by atoms with Crippen molar-refractivity contribution in [2.45, 2.75) is 24.9 Å². The molecule has 0 saturated carbocycles. The fourth-order valence-corrected chi connectivity index (χ4v) is 0.831. The molecule has 0 aromatic heterocycles. The van der Waals surface area contributed by atoms with Crippen molar-refractivity contribution < 1.29 is 19.5 Å². The van der Waals surface area contributed by atoms with Crippen molar-refractivity contribution >= 4 is 18.0 Å². The fourth-order valence-electron chi connectivity index (χ4n) is 0.831. The molecule has 0 amide bonds. The summed E-state index contributed by atoms with van der Waals surface area (Å²) in [5.41, 5.74) is 8.23. The van der Waals surface area contributed by atoms with Gasteiger partial charge in [-0.05, 0) is 6.92 Å². The number of carboxylic acids is 1. The molecule has 0 aromatic carbocycles. The van der Waals surface area contributed by atoms with Gasteiger partial charge in [0.05, 0.1) is 6.04 Å². The van der Waals surface area contributed by atoms with Gasteiger partial charge in [0, 0.05) is 6.42 Å². The van der Waals surface area contributed by atoms with Crippen LogP contribution in [0.2, 0.25) is 0 Å². The molecule has 0 aliphatic rings. The lowest BCUT2D eigenvalue weighted by molar-refractivity contribution is -0.149. The second-order valence-electron chi connectivity index (χ2n) is 2.80. The Hall–Kier alpha value is -1.27. The first kappa shape index (κ1) is 11.7. The Balaban J connectivity index is 4.89. The molecular weight excluding hydrogens is 176 g/mol. The van der Waals surface area contributed by atoms with Crippen molar-refractivity contribution in [2.75, 3.05) is 0 Å². The van der Waals surface area contributed by atoms with Crippen LogP contribution in [-0.2, 0) is 14.4 Å². The van der Waals surface area contributed by atoms with E-state index in [1.165, 1.54) is 6.92 Å². The van der Waals surface area contributed by atoms with E-state index in [9.17, 15) is 14.4 Å². The maximum Gasteiger partial charge on any atom is 0.331 e. The van der Waals surface area contributed by atoms with Gasteiger partial charge in [0.15, 0.2) is 11.3 Å². The van der Waals surface area contributed by atoms with Gasteiger partial charge in [-0.2, -0.15) is 0 Å². The molecule has 2 atom stereocenters. The standard InChI is InChI=1S/C7H12N2O4/c1-4(8)5(11)7(9,2-3-10)6(12)13/h3-4H,2,8-9H2,1H3,(H,12,13)/t4-,7?/m0/s1. The first-order valence-electron chi connectivity index (χ1n) is 3.62. The monoisotopic (exact) mass is 188 g/mol. The van der Waals surface area contributed by atoms with E-state index in [1.807, 2.05) is 0 Å². The van der Waals surface area contributed by atoms with Gasteiger partial charge in [0.1, 0.15) is 6.29 Å². The molecule has 6 heteroatoms. The van der Waals surface area contributed by atoms with Crippen molar-refractivity contribution in [3.05, 3.63) is 0 Å². The second-order valence-corrected chi connectivity index (χ2v) is 2.80. The van der Waals surface area contributed by atoms with E-state index < -0.39 is 29.8 Å². The van der Waals surface area contributed by atoms with Crippen LogP contribution in [0.3, 0.4) is 0 Å². The molecule has 1 unspecified atom stereocenters. The first-order valence-corrected chi connectivity index (χ1v) is 3.62. The summed E-state index contributed by atoms with van der Waals surface area (Å²) >= 11 is 0. The molecule has 0 rings (SSSR count). The van der Waals surface area contributed by atoms with Crippen LogP contribution in [0.4, 0.5) is 0 Å². The van der Waals surface area contributed by atoms with Crippen LogP contribution in [0.15, 0.2) is 0 Å². The zero-order chi connectivity index (χ0) is 10.6. The lowest BCUT2D eigenvalue weighted by Gasteiger charge is -2.22. The molecule has 74 valence electrons. The number of Topliss-reactive ketones (excluding diaryl/α,β-unsaturated/α-hetero) is 1. The summed E-state index contributed by atoms with van der Waals surface area (Å²) in [5.74, 6) is -2.39. The van der Waals surface area contributed by atoms with Crippen LogP contribution in [0.25, 0.3) is 0 Å². The van der Waals surface area contributed by atoms with Crippen molar-refractivity contribution in [1.82, 2.24) is 0 Å². The predicted octanol–water partition coefficient (Wildman–Crippen LogP) is -1.73. The molecule has 13 heavy (non-hydrogen) atoms. The van der Waals surface area contributed by atoms with Gasteiger partial charge in [-0.25, -0.2) is 4.79 Å². The number of aliphatic carboxylic acids is 1. The Morgan fingerprint density at radius 3 is 2.31 bits per heavy atom. The maximum atomic E-state index is 11.2. The highest BCUT2D eigenvalue weighted by atomic mass is 16.4. The van der Waals surface area contributed by atoms with Crippen LogP contribution in [0.5, 0.6) is 0 Å². The normalized spacial score (nSPS) is 17.2. The van der Waals surface area contributed by atoms with Gasteiger partial charge in [-0.3, -0.25) is 4.79 Å². The van der Waals surface area contributed by atoms with E-state index >= 15 is 0 Å². The number of nitrogens with two attached hydrogens (primary N) is 2. The van der Waals surface area contributed by atoms with Crippen LogP contribution < -0.4 is 11.5 Å². The van der Waals surface area contributed by atoms with Crippen LogP contribution in [0.1, 0.15) is 13.3 Å². The molecule has 0 spiro atoms. The lowest BCUT2D eigenvalue weighted by atomic mass is 9.88. The van der Waals surface area contributed by atoms with Crippen LogP contribution >= 0.6 is 0 Å². The largest absolute Gasteiger partial charge is 0.480 e. The van der Waals surface area contributed by atoms with Crippen molar-refractivity contribution in [2.24, 2.45) is 11.5 Å². The smallest absolute Gasteiger partial charge is 0.331 e. The molecule has 0 fully saturated rings. The third-order valence-electron chi connectivity index (χ3n) is 1.64. The predicted molar refractivity (Wildman–Crippen MR) is 43.9 cm³/mol. The molecule has 5 N–H and O–H groups in total. The average molecular weight is 188 g/mol. The number of carboxylic acid groups (broad SMARTS) is 1. The van der Waals surface area contributed by atoms with Gasteiger partial charge in [-0.15, -0.1) is 0 Å². The molecule has 0 aromatic rings. The SMILES string of the molecule is C[C@H](N)C(=O)C(N)(CC=O)C(=O)O. The number of carbonyl (C=O) groups excluding carboxylic acids is 2. The van der Waals surface area contributed by atoms with E-state index in [-0.39, 0.29) is 6.29 Å². The average Bonchev–Trinajstić information content (AvgIpc) is 2.02. The van der Waals surface area contributed by atoms with Gasteiger partial charge in [0.2, 0.25) is 0 Å². The summed E-state index contributed by atoms with van der Waals surface area (Å²) in [4.78, 5) is 31.9. The van der Waals surface area contributed by atoms with Crippen molar-refractivity contribution in [3.8, 4) is 0 Å². The third-order valence-corrected chi connectivity index (χ3v) is 1.64. The fraction of sp³-hybridized carbons (Fsp3) is 0.571. The van der Waals surface area contributed by atoms with Gasteiger partial charge < -0.3 is 21.4 Å². The highest BCUT2D eigenvalue weighted by Gasteiger charge is 2.42. The number of ketones is 1. The van der Waals surface area contributed by atoms with E-state index in [2.05, 4.69) is 0 Å². The quantitative estimate of drug-likeness (QED) is 0.348. The summed E-state index contributed by atoms with van der Waals surface area (Å²) in [6.07, 6.45) is -0.281. The van der Waals surface area contributed by atoms with Gasteiger partial charge >= 0.3 is 5.97 Å². The first-order chi connectivity index (χ1) is 5.86. The zero-order valence-electron chi connectivity index (χ0n) is 7.19. The molecule has 0 aliphatic heterocycles. The molecule has 6 nitrogen and oxygen atoms in total. The van der Waals surface area contributed by atoms with Crippen molar-refractivity contribution in [3.63, 3.8) is 0 Å². The minimum Gasteiger partial charge on any atom is -0.480 e. The molecule has 0 bridgehead atoms. The molecule has 0 saturated heterocycles. The zero-order valence-corrected chi connectivity index (χ0v) is 7.19. The summed E-state index contributed by atoms with van der Waals surface area (Å²) in [6, 6.07) is -0.999. The Bertz CT molecular complexity index is 239. The summed E-state index contributed by atoms with van der Waals surface area (Å²) in [5, 5.41) is 8.62. The summed E-state index contributed by atoms with van der Waals surface area (Å²) < 4.78 is 0. The topological polar surface area (TPSA) is 123 Å². The number of carbonyl (C=O) groups is 3. The van der Waals surface area contributed by atoms with Crippen LogP contribution in [0, 0.1) is 0 Å². The minimum atomic E-state index is -2.18. The Morgan fingerprint density at radius 1 is 1.62 bits per heavy atom. The third kappa shape index (κ3) is 2.33. The van der Waals surface area contributed by atoms with E-state index in [1.54, 1.807) is 0 Å². The highest BCUT2D eigenvalue weighted by molar-refractivity contribution is 6.11. The summed E-state index contributed by atoms with van der Waals surface area (Å²) in [7, 11) is 0. The van der Waals surface area contributed by atoms with E-state index in [0.717, 1.165) is 0 Å². The molecule has 0 heterocycles. The maximum absolute atomic E-state index is 11.2. The Morgan fingerprint density at radius 2 is 2.08 bits per heavy atom. The molecule has 0 radical (unpaired) electrons. The molecular formula is C7H12N2O4. The minimum absolute atomic E-state index is 0.286. The highest BCUT2D eigenvalue weighted by Crippen LogP contribution is 2.08. The summed E-state index contributed by atoms with van der Waals surface area (Å²) in [6.45, 7) is 1.32. The number of rotatable bonds is 5. The lowest BCUT2D eigenvalue weighted by Crippen LogP contribution is -2.59.